The summed E-state index contributed by atoms with van der Waals surface area (Å²) in [6.45, 7) is 11.7. The molecule has 1 atom stereocenters. The summed E-state index contributed by atoms with van der Waals surface area (Å²) in [6, 6.07) is 1.78. The van der Waals surface area contributed by atoms with E-state index in [0.717, 1.165) is 28.5 Å². The molecule has 0 aliphatic rings. The third-order valence-corrected chi connectivity index (χ3v) is 3.73. The van der Waals surface area contributed by atoms with E-state index < -0.39 is 0 Å². The first-order valence-electron chi connectivity index (χ1n) is 7.86. The zero-order valence-corrected chi connectivity index (χ0v) is 14.6. The first-order chi connectivity index (χ1) is 10.8. The van der Waals surface area contributed by atoms with Crippen molar-refractivity contribution in [2.24, 2.45) is 0 Å². The van der Waals surface area contributed by atoms with Crippen molar-refractivity contribution in [2.45, 2.75) is 59.8 Å². The lowest BCUT2D eigenvalue weighted by Crippen LogP contribution is -2.17. The van der Waals surface area contributed by atoms with Crippen molar-refractivity contribution in [1.82, 2.24) is 15.1 Å². The largest absolute Gasteiger partial charge is 0.361 e. The average molecular weight is 316 g/mol. The van der Waals surface area contributed by atoms with Crippen molar-refractivity contribution in [3.8, 4) is 0 Å². The molecule has 0 fully saturated rings. The van der Waals surface area contributed by atoms with Crippen molar-refractivity contribution >= 4 is 11.7 Å². The number of amides is 1. The van der Waals surface area contributed by atoms with E-state index in [1.54, 1.807) is 6.07 Å². The Balaban J connectivity index is 2.08. The molecule has 2 aromatic rings. The van der Waals surface area contributed by atoms with Crippen LogP contribution < -0.4 is 5.32 Å². The van der Waals surface area contributed by atoms with E-state index in [1.165, 1.54) is 0 Å². The smallest absolute Gasteiger partial charge is 0.226 e. The molecule has 2 rings (SSSR count). The number of hydrogen-bond acceptors (Lipinski definition) is 5. The highest BCUT2D eigenvalue weighted by Gasteiger charge is 2.19. The molecule has 23 heavy (non-hydrogen) atoms. The summed E-state index contributed by atoms with van der Waals surface area (Å²) in [5.41, 5.74) is 2.68. The summed E-state index contributed by atoms with van der Waals surface area (Å²) < 4.78 is 5.17. The number of carbonyl (C=O) groups is 1. The molecular weight excluding hydrogens is 292 g/mol. The van der Waals surface area contributed by atoms with Gasteiger partial charge in [-0.15, -0.1) is 0 Å². The molecule has 1 amide bonds. The van der Waals surface area contributed by atoms with Gasteiger partial charge < -0.3 is 9.84 Å². The Bertz CT molecular complexity index is 687. The Morgan fingerprint density at radius 2 is 1.91 bits per heavy atom. The van der Waals surface area contributed by atoms with Crippen molar-refractivity contribution < 1.29 is 9.32 Å². The van der Waals surface area contributed by atoms with E-state index in [2.05, 4.69) is 20.4 Å². The fourth-order valence-corrected chi connectivity index (χ4v) is 2.68. The third kappa shape index (κ3) is 4.15. The Morgan fingerprint density at radius 3 is 2.48 bits per heavy atom. The molecule has 0 saturated heterocycles. The lowest BCUT2D eigenvalue weighted by atomic mass is 9.96. The molecule has 6 nitrogen and oxygen atoms in total. The van der Waals surface area contributed by atoms with Gasteiger partial charge in [0, 0.05) is 29.7 Å². The molecule has 124 valence electrons. The van der Waals surface area contributed by atoms with Gasteiger partial charge in [-0.2, -0.15) is 0 Å². The Hall–Kier alpha value is -2.24. The normalized spacial score (nSPS) is 12.5. The number of hydrogen-bond donors (Lipinski definition) is 1. The number of aryl methyl sites for hydroxylation is 3. The second kappa shape index (κ2) is 6.89. The van der Waals surface area contributed by atoms with Crippen LogP contribution in [0, 0.1) is 20.8 Å². The van der Waals surface area contributed by atoms with Gasteiger partial charge >= 0.3 is 0 Å². The van der Waals surface area contributed by atoms with Gasteiger partial charge in [-0.1, -0.05) is 25.9 Å². The number of nitrogens with one attached hydrogen (secondary N) is 1. The van der Waals surface area contributed by atoms with Crippen LogP contribution in [0.4, 0.5) is 5.82 Å². The molecule has 0 aromatic carbocycles. The van der Waals surface area contributed by atoms with Gasteiger partial charge in [-0.25, -0.2) is 9.97 Å². The Morgan fingerprint density at radius 1 is 1.22 bits per heavy atom. The predicted molar refractivity (Wildman–Crippen MR) is 88.5 cm³/mol. The van der Waals surface area contributed by atoms with Gasteiger partial charge in [-0.3, -0.25) is 4.79 Å². The minimum absolute atomic E-state index is 0.0359. The van der Waals surface area contributed by atoms with Crippen LogP contribution in [0.25, 0.3) is 0 Å². The second-order valence-electron chi connectivity index (χ2n) is 6.30. The van der Waals surface area contributed by atoms with Crippen LogP contribution in [0.2, 0.25) is 0 Å². The van der Waals surface area contributed by atoms with Gasteiger partial charge in [0.25, 0.3) is 0 Å². The first-order valence-corrected chi connectivity index (χ1v) is 7.86. The van der Waals surface area contributed by atoms with Gasteiger partial charge in [-0.05, 0) is 26.7 Å². The standard InChI is InChI=1S/C17H24N4O2/c1-9(2)17-18-11(4)8-14(20-17)19-15(22)7-10(3)16-12(5)21-23-13(16)6/h8-10H,7H2,1-6H3,(H,18,19,20,22). The topological polar surface area (TPSA) is 80.9 Å². The average Bonchev–Trinajstić information content (AvgIpc) is 2.77. The van der Waals surface area contributed by atoms with Crippen molar-refractivity contribution in [3.63, 3.8) is 0 Å². The van der Waals surface area contributed by atoms with Crippen LogP contribution in [0.15, 0.2) is 10.6 Å². The van der Waals surface area contributed by atoms with Crippen molar-refractivity contribution in [2.75, 3.05) is 5.32 Å². The molecule has 2 heterocycles. The van der Waals surface area contributed by atoms with Crippen molar-refractivity contribution in [1.29, 1.82) is 0 Å². The quantitative estimate of drug-likeness (QED) is 0.910. The first kappa shape index (κ1) is 17.1. The second-order valence-corrected chi connectivity index (χ2v) is 6.30. The number of nitrogens with zero attached hydrogens (tertiary/aromatic N) is 3. The third-order valence-electron chi connectivity index (χ3n) is 3.73. The Kier molecular flexibility index (Phi) is 5.13. The van der Waals surface area contributed by atoms with E-state index in [4.69, 9.17) is 4.52 Å². The number of rotatable bonds is 5. The van der Waals surface area contributed by atoms with Gasteiger partial charge in [0.15, 0.2) is 0 Å². The van der Waals surface area contributed by atoms with E-state index in [0.29, 0.717) is 12.2 Å². The van der Waals surface area contributed by atoms with Gasteiger partial charge in [0.2, 0.25) is 5.91 Å². The molecule has 0 radical (unpaired) electrons. The summed E-state index contributed by atoms with van der Waals surface area (Å²) in [7, 11) is 0. The highest BCUT2D eigenvalue weighted by molar-refractivity contribution is 5.90. The number of anilines is 1. The molecule has 0 aliphatic heterocycles. The minimum atomic E-state index is -0.0784. The van der Waals surface area contributed by atoms with Crippen LogP contribution in [-0.4, -0.2) is 21.0 Å². The maximum atomic E-state index is 12.3. The number of carbonyl (C=O) groups excluding carboxylic acids is 1. The zero-order valence-electron chi connectivity index (χ0n) is 14.6. The summed E-state index contributed by atoms with van der Waals surface area (Å²) in [5, 5.41) is 6.81. The molecule has 2 aromatic heterocycles. The molecule has 0 saturated carbocycles. The van der Waals surface area contributed by atoms with E-state index in [-0.39, 0.29) is 17.7 Å². The molecule has 0 aliphatic carbocycles. The molecule has 1 unspecified atom stereocenters. The maximum absolute atomic E-state index is 12.3. The summed E-state index contributed by atoms with van der Waals surface area (Å²) in [4.78, 5) is 21.1. The van der Waals surface area contributed by atoms with Gasteiger partial charge in [0.1, 0.15) is 17.4 Å². The fourth-order valence-electron chi connectivity index (χ4n) is 2.68. The van der Waals surface area contributed by atoms with Crippen LogP contribution >= 0.6 is 0 Å². The minimum Gasteiger partial charge on any atom is -0.361 e. The van der Waals surface area contributed by atoms with Crippen LogP contribution in [0.1, 0.15) is 67.6 Å². The summed E-state index contributed by atoms with van der Waals surface area (Å²) in [5.74, 6) is 2.23. The van der Waals surface area contributed by atoms with Gasteiger partial charge in [0.05, 0.1) is 5.69 Å². The summed E-state index contributed by atoms with van der Waals surface area (Å²) in [6.07, 6.45) is 0.350. The van der Waals surface area contributed by atoms with Crippen LogP contribution in [-0.2, 0) is 4.79 Å². The highest BCUT2D eigenvalue weighted by atomic mass is 16.5. The van der Waals surface area contributed by atoms with E-state index >= 15 is 0 Å². The SMILES string of the molecule is Cc1cc(NC(=O)CC(C)c2c(C)noc2C)nc(C(C)C)n1. The Labute approximate surface area is 136 Å². The van der Waals surface area contributed by atoms with Crippen LogP contribution in [0.5, 0.6) is 0 Å². The van der Waals surface area contributed by atoms with E-state index in [1.807, 2.05) is 41.5 Å². The summed E-state index contributed by atoms with van der Waals surface area (Å²) >= 11 is 0. The lowest BCUT2D eigenvalue weighted by Gasteiger charge is -2.12. The molecule has 1 N–H and O–H groups in total. The molecule has 6 heteroatoms. The monoisotopic (exact) mass is 316 g/mol. The zero-order chi connectivity index (χ0) is 17.1. The highest BCUT2D eigenvalue weighted by Crippen LogP contribution is 2.26. The van der Waals surface area contributed by atoms with Crippen molar-refractivity contribution in [3.05, 3.63) is 34.6 Å². The van der Waals surface area contributed by atoms with E-state index in [9.17, 15) is 4.79 Å². The molecular formula is C17H24N4O2. The number of aromatic nitrogens is 3. The fraction of sp³-hybridized carbons (Fsp3) is 0.529. The predicted octanol–water partition coefficient (Wildman–Crippen LogP) is 3.65. The maximum Gasteiger partial charge on any atom is 0.226 e. The molecule has 0 spiro atoms. The molecule has 0 bridgehead atoms. The van der Waals surface area contributed by atoms with Crippen LogP contribution in [0.3, 0.4) is 0 Å². The lowest BCUT2D eigenvalue weighted by molar-refractivity contribution is -0.116.